The van der Waals surface area contributed by atoms with Crippen LogP contribution in [0.4, 0.5) is 14.6 Å². The normalized spacial score (nSPS) is 11.5. The van der Waals surface area contributed by atoms with Crippen molar-refractivity contribution in [2.24, 2.45) is 0 Å². The fourth-order valence-electron chi connectivity index (χ4n) is 2.19. The van der Waals surface area contributed by atoms with Crippen LogP contribution >= 0.6 is 11.6 Å². The molecule has 3 rings (SSSR count). The summed E-state index contributed by atoms with van der Waals surface area (Å²) in [5.74, 6) is -2.03. The van der Waals surface area contributed by atoms with Gasteiger partial charge in [0, 0.05) is 23.4 Å². The van der Waals surface area contributed by atoms with Gasteiger partial charge in [-0.25, -0.2) is 17.2 Å². The van der Waals surface area contributed by atoms with Crippen molar-refractivity contribution in [2.45, 2.75) is 11.4 Å². The van der Waals surface area contributed by atoms with Gasteiger partial charge >= 0.3 is 0 Å². The van der Waals surface area contributed by atoms with Crippen molar-refractivity contribution in [3.8, 4) is 0 Å². The third-order valence-electron chi connectivity index (χ3n) is 3.35. The van der Waals surface area contributed by atoms with Crippen LogP contribution in [0.3, 0.4) is 0 Å². The molecule has 5 nitrogen and oxygen atoms in total. The van der Waals surface area contributed by atoms with E-state index in [1.54, 1.807) is 18.3 Å². The van der Waals surface area contributed by atoms with Gasteiger partial charge in [0.15, 0.2) is 5.82 Å². The highest BCUT2D eigenvalue weighted by Gasteiger charge is 2.20. The number of benzene rings is 2. The molecule has 0 saturated heterocycles. The molecule has 1 heterocycles. The van der Waals surface area contributed by atoms with E-state index in [-0.39, 0.29) is 5.82 Å². The third kappa shape index (κ3) is 3.97. The topological polar surface area (TPSA) is 64.0 Å². The molecular formula is C16H12ClF2N3O2S. The minimum absolute atomic E-state index is 0.00998. The monoisotopic (exact) mass is 383 g/mol. The fraction of sp³-hybridized carbons (Fsp3) is 0.0625. The van der Waals surface area contributed by atoms with E-state index in [1.807, 2.05) is 12.1 Å². The molecule has 0 atom stereocenters. The zero-order valence-corrected chi connectivity index (χ0v) is 14.2. The Bertz CT molecular complexity index is 1020. The van der Waals surface area contributed by atoms with E-state index < -0.39 is 26.6 Å². The van der Waals surface area contributed by atoms with E-state index in [1.165, 1.54) is 10.7 Å². The van der Waals surface area contributed by atoms with Gasteiger partial charge in [-0.05, 0) is 23.8 Å². The van der Waals surface area contributed by atoms with Crippen LogP contribution in [0.15, 0.2) is 59.6 Å². The van der Waals surface area contributed by atoms with Gasteiger partial charge in [0.1, 0.15) is 16.5 Å². The number of sulfonamides is 1. The lowest BCUT2D eigenvalue weighted by molar-refractivity contribution is 0.551. The van der Waals surface area contributed by atoms with Crippen LogP contribution in [0.25, 0.3) is 0 Å². The number of hydrogen-bond donors (Lipinski definition) is 1. The van der Waals surface area contributed by atoms with Gasteiger partial charge in [0.25, 0.3) is 10.0 Å². The SMILES string of the molecule is O=S(=O)(Nc1ccn(Cc2ccccc2Cl)n1)c1ccc(F)cc1F. The van der Waals surface area contributed by atoms with Gasteiger partial charge in [-0.1, -0.05) is 29.8 Å². The molecule has 0 amide bonds. The van der Waals surface area contributed by atoms with E-state index in [0.717, 1.165) is 17.7 Å². The molecular weight excluding hydrogens is 372 g/mol. The van der Waals surface area contributed by atoms with Crippen LogP contribution in [0, 0.1) is 11.6 Å². The Kier molecular flexibility index (Phi) is 4.73. The summed E-state index contributed by atoms with van der Waals surface area (Å²) < 4.78 is 54.7. The highest BCUT2D eigenvalue weighted by molar-refractivity contribution is 7.92. The maximum absolute atomic E-state index is 13.7. The Morgan fingerprint density at radius 3 is 2.60 bits per heavy atom. The molecule has 25 heavy (non-hydrogen) atoms. The molecule has 3 aromatic rings. The van der Waals surface area contributed by atoms with Crippen LogP contribution in [-0.2, 0) is 16.6 Å². The highest BCUT2D eigenvalue weighted by atomic mass is 35.5. The Labute approximate surface area is 147 Å². The molecule has 0 fully saturated rings. The van der Waals surface area contributed by atoms with Gasteiger partial charge in [-0.2, -0.15) is 5.10 Å². The summed E-state index contributed by atoms with van der Waals surface area (Å²) >= 11 is 6.07. The van der Waals surface area contributed by atoms with Crippen LogP contribution in [0.1, 0.15) is 5.56 Å². The van der Waals surface area contributed by atoms with Crippen LogP contribution < -0.4 is 4.72 Å². The lowest BCUT2D eigenvalue weighted by Crippen LogP contribution is -2.15. The molecule has 0 spiro atoms. The van der Waals surface area contributed by atoms with Crippen LogP contribution in [0.2, 0.25) is 5.02 Å². The van der Waals surface area contributed by atoms with Crippen molar-refractivity contribution < 1.29 is 17.2 Å². The van der Waals surface area contributed by atoms with Gasteiger partial charge in [0.05, 0.1) is 6.54 Å². The molecule has 0 aliphatic carbocycles. The second kappa shape index (κ2) is 6.81. The average molecular weight is 384 g/mol. The van der Waals surface area contributed by atoms with E-state index in [4.69, 9.17) is 11.6 Å². The Hall–Kier alpha value is -2.45. The molecule has 0 aliphatic heterocycles. The molecule has 1 aromatic heterocycles. The minimum atomic E-state index is -4.22. The van der Waals surface area contributed by atoms with Gasteiger partial charge in [0.2, 0.25) is 0 Å². The van der Waals surface area contributed by atoms with Crippen molar-refractivity contribution in [3.63, 3.8) is 0 Å². The van der Waals surface area contributed by atoms with Crippen LogP contribution in [-0.4, -0.2) is 18.2 Å². The summed E-state index contributed by atoms with van der Waals surface area (Å²) in [6.07, 6.45) is 1.56. The number of anilines is 1. The maximum Gasteiger partial charge on any atom is 0.266 e. The Morgan fingerprint density at radius 2 is 1.88 bits per heavy atom. The summed E-state index contributed by atoms with van der Waals surface area (Å²) in [4.78, 5) is -0.658. The van der Waals surface area contributed by atoms with E-state index in [0.29, 0.717) is 17.6 Å². The van der Waals surface area contributed by atoms with Gasteiger partial charge in [-0.15, -0.1) is 0 Å². The van der Waals surface area contributed by atoms with Gasteiger partial charge in [-0.3, -0.25) is 9.40 Å². The minimum Gasteiger partial charge on any atom is -0.266 e. The molecule has 0 saturated carbocycles. The van der Waals surface area contributed by atoms with E-state index in [2.05, 4.69) is 9.82 Å². The van der Waals surface area contributed by atoms with Crippen molar-refractivity contribution >= 4 is 27.4 Å². The summed E-state index contributed by atoms with van der Waals surface area (Å²) in [5, 5.41) is 4.64. The van der Waals surface area contributed by atoms with Crippen molar-refractivity contribution in [3.05, 3.63) is 76.9 Å². The zero-order valence-electron chi connectivity index (χ0n) is 12.7. The number of halogens is 3. The molecule has 9 heteroatoms. The maximum atomic E-state index is 13.7. The molecule has 2 aromatic carbocycles. The lowest BCUT2D eigenvalue weighted by atomic mass is 10.2. The molecule has 1 N–H and O–H groups in total. The Morgan fingerprint density at radius 1 is 1.12 bits per heavy atom. The average Bonchev–Trinajstić information content (AvgIpc) is 2.95. The Balaban J connectivity index is 1.80. The first-order valence-corrected chi connectivity index (χ1v) is 8.96. The fourth-order valence-corrected chi connectivity index (χ4v) is 3.44. The predicted octanol–water partition coefficient (Wildman–Crippen LogP) is 3.66. The standard InChI is InChI=1S/C16H12ClF2N3O2S/c17-13-4-2-1-3-11(13)10-22-8-7-16(20-22)21-25(23,24)15-6-5-12(18)9-14(15)19/h1-9H,10H2,(H,20,21). The second-order valence-corrected chi connectivity index (χ2v) is 7.23. The molecule has 0 bridgehead atoms. The van der Waals surface area contributed by atoms with Crippen molar-refractivity contribution in [2.75, 3.05) is 4.72 Å². The lowest BCUT2D eigenvalue weighted by Gasteiger charge is -2.07. The smallest absolute Gasteiger partial charge is 0.266 e. The number of nitrogens with zero attached hydrogens (tertiary/aromatic N) is 2. The van der Waals surface area contributed by atoms with Gasteiger partial charge < -0.3 is 0 Å². The van der Waals surface area contributed by atoms with Crippen molar-refractivity contribution in [1.29, 1.82) is 0 Å². The summed E-state index contributed by atoms with van der Waals surface area (Å²) in [7, 11) is -4.22. The number of rotatable bonds is 5. The third-order valence-corrected chi connectivity index (χ3v) is 5.11. The van der Waals surface area contributed by atoms with Crippen molar-refractivity contribution in [1.82, 2.24) is 9.78 Å². The summed E-state index contributed by atoms with van der Waals surface area (Å²) in [5.41, 5.74) is 0.811. The molecule has 0 unspecified atom stereocenters. The number of hydrogen-bond acceptors (Lipinski definition) is 3. The first-order valence-electron chi connectivity index (χ1n) is 7.10. The first-order chi connectivity index (χ1) is 11.8. The second-order valence-electron chi connectivity index (χ2n) is 5.17. The summed E-state index contributed by atoms with van der Waals surface area (Å²) in [6.45, 7) is 0.340. The first kappa shape index (κ1) is 17.4. The number of nitrogens with one attached hydrogen (secondary N) is 1. The molecule has 130 valence electrons. The summed E-state index contributed by atoms with van der Waals surface area (Å²) in [6, 6.07) is 10.8. The highest BCUT2D eigenvalue weighted by Crippen LogP contribution is 2.20. The van der Waals surface area contributed by atoms with E-state index >= 15 is 0 Å². The number of aromatic nitrogens is 2. The molecule has 0 aliphatic rings. The largest absolute Gasteiger partial charge is 0.266 e. The molecule has 0 radical (unpaired) electrons. The van der Waals surface area contributed by atoms with Crippen LogP contribution in [0.5, 0.6) is 0 Å². The van der Waals surface area contributed by atoms with E-state index in [9.17, 15) is 17.2 Å². The predicted molar refractivity (Wildman–Crippen MR) is 89.9 cm³/mol. The quantitative estimate of drug-likeness (QED) is 0.731. The zero-order chi connectivity index (χ0) is 18.0.